The highest BCUT2D eigenvalue weighted by Gasteiger charge is 2.50. The third-order valence-corrected chi connectivity index (χ3v) is 6.07. The second-order valence-corrected chi connectivity index (χ2v) is 8.17. The molecule has 2 fully saturated rings. The number of tetrazole rings is 1. The van der Waals surface area contributed by atoms with E-state index in [2.05, 4.69) is 30.8 Å². The minimum absolute atomic E-state index is 0.288. The summed E-state index contributed by atoms with van der Waals surface area (Å²) in [6.07, 6.45) is 4.78. The molecule has 13 heteroatoms. The van der Waals surface area contributed by atoms with Crippen LogP contribution in [0, 0.1) is 0 Å². The Bertz CT molecular complexity index is 1210. The van der Waals surface area contributed by atoms with Crippen molar-refractivity contribution in [1.29, 1.82) is 0 Å². The number of imide groups is 1. The van der Waals surface area contributed by atoms with E-state index in [0.29, 0.717) is 43.4 Å². The molecule has 0 aliphatic carbocycles. The van der Waals surface area contributed by atoms with Crippen molar-refractivity contribution in [2.45, 2.75) is 12.5 Å². The lowest BCUT2D eigenvalue weighted by atomic mass is 9.91. The van der Waals surface area contributed by atoms with Gasteiger partial charge in [-0.2, -0.15) is 0 Å². The molecule has 2 saturated heterocycles. The van der Waals surface area contributed by atoms with Gasteiger partial charge in [-0.3, -0.25) is 14.5 Å². The van der Waals surface area contributed by atoms with E-state index >= 15 is 0 Å². The molecule has 1 N–H and O–H groups in total. The van der Waals surface area contributed by atoms with Crippen LogP contribution in [-0.4, -0.2) is 90.5 Å². The van der Waals surface area contributed by atoms with Crippen LogP contribution < -0.4 is 10.2 Å². The lowest BCUT2D eigenvalue weighted by molar-refractivity contribution is -0.139. The van der Waals surface area contributed by atoms with Crippen molar-refractivity contribution >= 4 is 23.8 Å². The van der Waals surface area contributed by atoms with Gasteiger partial charge in [0.15, 0.2) is 0 Å². The van der Waals surface area contributed by atoms with E-state index in [-0.39, 0.29) is 12.5 Å². The smallest absolute Gasteiger partial charge is 0.325 e. The number of amides is 4. The Labute approximate surface area is 194 Å². The summed E-state index contributed by atoms with van der Waals surface area (Å²) in [4.78, 5) is 52.0. The van der Waals surface area contributed by atoms with Crippen molar-refractivity contribution in [3.05, 3.63) is 54.6 Å². The summed E-state index contributed by atoms with van der Waals surface area (Å²) in [6.45, 7) is 3.33. The van der Waals surface area contributed by atoms with Crippen molar-refractivity contribution in [1.82, 2.24) is 45.3 Å². The molecule has 4 heterocycles. The van der Waals surface area contributed by atoms with Gasteiger partial charge in [-0.25, -0.2) is 19.4 Å². The van der Waals surface area contributed by atoms with Gasteiger partial charge in [0, 0.05) is 38.6 Å². The van der Waals surface area contributed by atoms with Crippen LogP contribution in [-0.2, 0) is 15.1 Å². The fraction of sp³-hybridized carbons (Fsp3) is 0.333. The summed E-state index contributed by atoms with van der Waals surface area (Å²) in [7, 11) is 0. The van der Waals surface area contributed by atoms with Gasteiger partial charge < -0.3 is 15.1 Å². The van der Waals surface area contributed by atoms with E-state index in [1.54, 1.807) is 54.5 Å². The first kappa shape index (κ1) is 21.4. The molecule has 2 aliphatic heterocycles. The first-order valence-electron chi connectivity index (χ1n) is 10.7. The Balaban J connectivity index is 1.26. The standard InChI is InChI=1S/C21H22N10O3/c1-21(15-4-2-5-16(12-15)31-14-24-26-27-31)18(33)30(20(34)25-21)13-17(32)28-8-10-29(11-9-28)19-22-6-3-7-23-19/h2-7,12,14H,8-11,13H2,1H3,(H,25,34). The van der Waals surface area contributed by atoms with Gasteiger partial charge in [-0.1, -0.05) is 12.1 Å². The number of anilines is 1. The molecule has 13 nitrogen and oxygen atoms in total. The Morgan fingerprint density at radius 3 is 2.56 bits per heavy atom. The first-order chi connectivity index (χ1) is 16.5. The number of hydrogen-bond donors (Lipinski definition) is 1. The van der Waals surface area contributed by atoms with Gasteiger partial charge >= 0.3 is 6.03 Å². The Kier molecular flexibility index (Phi) is 5.36. The number of hydrogen-bond acceptors (Lipinski definition) is 9. The second kappa shape index (κ2) is 8.50. The number of rotatable bonds is 5. The van der Waals surface area contributed by atoms with Crippen LogP contribution in [0.15, 0.2) is 49.1 Å². The molecule has 4 amide bonds. The maximum absolute atomic E-state index is 13.3. The average Bonchev–Trinajstić information content (AvgIpc) is 3.49. The van der Waals surface area contributed by atoms with Gasteiger partial charge in [0.2, 0.25) is 11.9 Å². The summed E-state index contributed by atoms with van der Waals surface area (Å²) >= 11 is 0. The van der Waals surface area contributed by atoms with E-state index in [1.807, 2.05) is 4.90 Å². The van der Waals surface area contributed by atoms with Gasteiger partial charge in [0.05, 0.1) is 5.69 Å². The zero-order valence-corrected chi connectivity index (χ0v) is 18.4. The fourth-order valence-electron chi connectivity index (χ4n) is 4.12. The zero-order chi connectivity index (χ0) is 23.7. The molecule has 0 saturated carbocycles. The predicted molar refractivity (Wildman–Crippen MR) is 118 cm³/mol. The van der Waals surface area contributed by atoms with Crippen molar-refractivity contribution in [3.63, 3.8) is 0 Å². The zero-order valence-electron chi connectivity index (χ0n) is 18.4. The number of carbonyl (C=O) groups excluding carboxylic acids is 3. The Morgan fingerprint density at radius 2 is 1.85 bits per heavy atom. The van der Waals surface area contributed by atoms with Crippen molar-refractivity contribution in [2.24, 2.45) is 0 Å². The van der Waals surface area contributed by atoms with E-state index in [1.165, 1.54) is 11.0 Å². The molecular formula is C21H22N10O3. The number of carbonyl (C=O) groups is 3. The molecule has 0 bridgehead atoms. The van der Waals surface area contributed by atoms with Crippen LogP contribution in [0.4, 0.5) is 10.7 Å². The van der Waals surface area contributed by atoms with E-state index in [0.717, 1.165) is 4.90 Å². The minimum atomic E-state index is -1.31. The molecule has 34 heavy (non-hydrogen) atoms. The molecule has 0 spiro atoms. The van der Waals surface area contributed by atoms with Crippen LogP contribution in [0.2, 0.25) is 0 Å². The maximum Gasteiger partial charge on any atom is 0.325 e. The summed E-state index contributed by atoms with van der Waals surface area (Å²) in [5, 5.41) is 13.8. The van der Waals surface area contributed by atoms with E-state index in [9.17, 15) is 14.4 Å². The van der Waals surface area contributed by atoms with Gasteiger partial charge in [-0.15, -0.1) is 5.10 Å². The molecular weight excluding hydrogens is 440 g/mol. The van der Waals surface area contributed by atoms with Crippen molar-refractivity contribution in [2.75, 3.05) is 37.6 Å². The third-order valence-electron chi connectivity index (χ3n) is 6.07. The number of nitrogens with zero attached hydrogens (tertiary/aromatic N) is 9. The number of urea groups is 1. The topological polar surface area (TPSA) is 142 Å². The highest BCUT2D eigenvalue weighted by molar-refractivity contribution is 6.09. The van der Waals surface area contributed by atoms with Crippen LogP contribution in [0.1, 0.15) is 12.5 Å². The molecule has 174 valence electrons. The summed E-state index contributed by atoms with van der Waals surface area (Å²) in [5.41, 5.74) is -0.115. The number of benzene rings is 1. The highest BCUT2D eigenvalue weighted by atomic mass is 16.2. The highest BCUT2D eigenvalue weighted by Crippen LogP contribution is 2.30. The van der Waals surface area contributed by atoms with Crippen LogP contribution >= 0.6 is 0 Å². The van der Waals surface area contributed by atoms with Crippen molar-refractivity contribution in [3.8, 4) is 5.69 Å². The fourth-order valence-corrected chi connectivity index (χ4v) is 4.12. The minimum Gasteiger partial charge on any atom is -0.338 e. The number of nitrogens with one attached hydrogen (secondary N) is 1. The van der Waals surface area contributed by atoms with Gasteiger partial charge in [-0.05, 0) is 41.1 Å². The van der Waals surface area contributed by atoms with Gasteiger partial charge in [0.25, 0.3) is 5.91 Å². The van der Waals surface area contributed by atoms with E-state index < -0.39 is 17.5 Å². The summed E-state index contributed by atoms with van der Waals surface area (Å²) in [6, 6.07) is 8.14. The third kappa shape index (κ3) is 3.80. The van der Waals surface area contributed by atoms with Crippen LogP contribution in [0.5, 0.6) is 0 Å². The SMILES string of the molecule is CC1(c2cccc(-n3cnnn3)c2)NC(=O)N(CC(=O)N2CCN(c3ncccn3)CC2)C1=O. The van der Waals surface area contributed by atoms with Crippen LogP contribution in [0.25, 0.3) is 5.69 Å². The Hall–Kier alpha value is -4.42. The number of aromatic nitrogens is 6. The monoisotopic (exact) mass is 462 g/mol. The van der Waals surface area contributed by atoms with E-state index in [4.69, 9.17) is 0 Å². The van der Waals surface area contributed by atoms with Gasteiger partial charge in [0.1, 0.15) is 18.4 Å². The molecule has 2 aliphatic rings. The van der Waals surface area contributed by atoms with Crippen LogP contribution in [0.3, 0.4) is 0 Å². The molecule has 1 atom stereocenters. The molecule has 1 aromatic carbocycles. The molecule has 1 unspecified atom stereocenters. The van der Waals surface area contributed by atoms with Crippen molar-refractivity contribution < 1.29 is 14.4 Å². The average molecular weight is 462 g/mol. The Morgan fingerprint density at radius 1 is 1.09 bits per heavy atom. The second-order valence-electron chi connectivity index (χ2n) is 8.17. The lowest BCUT2D eigenvalue weighted by Gasteiger charge is -2.35. The molecule has 2 aromatic heterocycles. The summed E-state index contributed by atoms with van der Waals surface area (Å²) < 4.78 is 1.45. The first-order valence-corrected chi connectivity index (χ1v) is 10.7. The molecule has 0 radical (unpaired) electrons. The largest absolute Gasteiger partial charge is 0.338 e. The predicted octanol–water partition coefficient (Wildman–Crippen LogP) is -0.432. The quantitative estimate of drug-likeness (QED) is 0.500. The molecule has 3 aromatic rings. The molecule has 5 rings (SSSR count). The normalized spacial score (nSPS) is 20.6. The lowest BCUT2D eigenvalue weighted by Crippen LogP contribution is -2.52. The maximum atomic E-state index is 13.3. The number of piperazine rings is 1. The summed E-state index contributed by atoms with van der Waals surface area (Å²) in [5.74, 6) is -0.164.